The number of esters is 1. The van der Waals surface area contributed by atoms with Gasteiger partial charge in [0.15, 0.2) is 0 Å². The second-order valence-corrected chi connectivity index (χ2v) is 4.40. The first-order valence-electron chi connectivity index (χ1n) is 4.60. The van der Waals surface area contributed by atoms with Crippen molar-refractivity contribution in [3.05, 3.63) is 0 Å². The Balaban J connectivity index is 2.69. The first kappa shape index (κ1) is 10.2. The van der Waals surface area contributed by atoms with Crippen LogP contribution >= 0.6 is 0 Å². The number of methoxy groups -OCH3 is 1. The number of hydrogen-bond donors (Lipinski definition) is 0. The van der Waals surface area contributed by atoms with E-state index < -0.39 is 0 Å². The fourth-order valence-electron chi connectivity index (χ4n) is 1.47. The van der Waals surface area contributed by atoms with Gasteiger partial charge in [0, 0.05) is 5.71 Å². The molecule has 0 aliphatic carbocycles. The van der Waals surface area contributed by atoms with Crippen LogP contribution in [0.4, 0.5) is 0 Å². The molecule has 0 amide bonds. The van der Waals surface area contributed by atoms with Crippen LogP contribution in [-0.4, -0.2) is 24.8 Å². The van der Waals surface area contributed by atoms with Crippen LogP contribution in [0.5, 0.6) is 0 Å². The topological polar surface area (TPSA) is 38.7 Å². The molecule has 0 N–H and O–H groups in total. The summed E-state index contributed by atoms with van der Waals surface area (Å²) in [4.78, 5) is 15.5. The number of hydrogen-bond acceptors (Lipinski definition) is 3. The largest absolute Gasteiger partial charge is 0.467 e. The number of carbonyl (C=O) groups is 1. The van der Waals surface area contributed by atoms with Crippen LogP contribution in [0, 0.1) is 5.41 Å². The van der Waals surface area contributed by atoms with E-state index in [0.717, 1.165) is 18.6 Å². The summed E-state index contributed by atoms with van der Waals surface area (Å²) in [6, 6.07) is -0.251. The van der Waals surface area contributed by atoms with Crippen molar-refractivity contribution in [3.63, 3.8) is 0 Å². The molecule has 0 saturated carbocycles. The standard InChI is InChI=1S/C10H17NO2/c1-10(2,3)8-6-5-7(11-8)9(12)13-4/h7H,5-6H2,1-4H3/t7-/m1/s1. The van der Waals surface area contributed by atoms with Crippen molar-refractivity contribution >= 4 is 11.7 Å². The smallest absolute Gasteiger partial charge is 0.330 e. The fraction of sp³-hybridized carbons (Fsp3) is 0.800. The van der Waals surface area contributed by atoms with Crippen molar-refractivity contribution < 1.29 is 9.53 Å². The van der Waals surface area contributed by atoms with E-state index in [-0.39, 0.29) is 17.4 Å². The van der Waals surface area contributed by atoms with Crippen molar-refractivity contribution in [1.82, 2.24) is 0 Å². The Morgan fingerprint density at radius 2 is 2.15 bits per heavy atom. The highest BCUT2D eigenvalue weighted by molar-refractivity contribution is 5.94. The first-order valence-corrected chi connectivity index (χ1v) is 4.60. The average molecular weight is 183 g/mol. The summed E-state index contributed by atoms with van der Waals surface area (Å²) >= 11 is 0. The number of ether oxygens (including phenoxy) is 1. The SMILES string of the molecule is COC(=O)[C@H]1CCC(C(C)(C)C)=N1. The molecule has 1 aliphatic heterocycles. The molecule has 0 fully saturated rings. The van der Waals surface area contributed by atoms with Crippen molar-refractivity contribution in [2.24, 2.45) is 10.4 Å². The molecule has 74 valence electrons. The lowest BCUT2D eigenvalue weighted by molar-refractivity contribution is -0.141. The Bertz CT molecular complexity index is 238. The Kier molecular flexibility index (Phi) is 2.74. The number of carbonyl (C=O) groups excluding carboxylic acids is 1. The summed E-state index contributed by atoms with van der Waals surface area (Å²) in [5.41, 5.74) is 1.21. The van der Waals surface area contributed by atoms with Gasteiger partial charge >= 0.3 is 5.97 Å². The minimum absolute atomic E-state index is 0.0861. The third kappa shape index (κ3) is 2.29. The average Bonchev–Trinajstić information content (AvgIpc) is 2.50. The summed E-state index contributed by atoms with van der Waals surface area (Å²) in [6.45, 7) is 6.35. The van der Waals surface area contributed by atoms with Gasteiger partial charge in [-0.15, -0.1) is 0 Å². The van der Waals surface area contributed by atoms with Crippen LogP contribution in [0.25, 0.3) is 0 Å². The van der Waals surface area contributed by atoms with E-state index >= 15 is 0 Å². The van der Waals surface area contributed by atoms with E-state index in [1.807, 2.05) is 0 Å². The van der Waals surface area contributed by atoms with Gasteiger partial charge in [-0.3, -0.25) is 4.99 Å². The molecule has 0 bridgehead atoms. The second-order valence-electron chi connectivity index (χ2n) is 4.40. The highest BCUT2D eigenvalue weighted by Gasteiger charge is 2.30. The third-order valence-corrected chi connectivity index (χ3v) is 2.31. The zero-order valence-electron chi connectivity index (χ0n) is 8.76. The van der Waals surface area contributed by atoms with Crippen LogP contribution < -0.4 is 0 Å². The Labute approximate surface area is 79.2 Å². The maximum absolute atomic E-state index is 11.2. The highest BCUT2D eigenvalue weighted by atomic mass is 16.5. The molecule has 0 aromatic heterocycles. The third-order valence-electron chi connectivity index (χ3n) is 2.31. The molecule has 0 unspecified atom stereocenters. The Morgan fingerprint density at radius 3 is 2.54 bits per heavy atom. The second kappa shape index (κ2) is 3.48. The van der Waals surface area contributed by atoms with E-state index in [2.05, 4.69) is 30.5 Å². The van der Waals surface area contributed by atoms with Gasteiger partial charge in [0.2, 0.25) is 0 Å². The number of rotatable bonds is 1. The van der Waals surface area contributed by atoms with Crippen LogP contribution in [-0.2, 0) is 9.53 Å². The molecule has 1 atom stereocenters. The molecular weight excluding hydrogens is 166 g/mol. The van der Waals surface area contributed by atoms with Crippen molar-refractivity contribution in [2.75, 3.05) is 7.11 Å². The molecule has 3 heteroatoms. The minimum Gasteiger partial charge on any atom is -0.467 e. The van der Waals surface area contributed by atoms with Crippen LogP contribution in [0.1, 0.15) is 33.6 Å². The van der Waals surface area contributed by atoms with Gasteiger partial charge in [-0.2, -0.15) is 0 Å². The molecule has 13 heavy (non-hydrogen) atoms. The highest BCUT2D eigenvalue weighted by Crippen LogP contribution is 2.26. The lowest BCUT2D eigenvalue weighted by atomic mass is 9.88. The molecule has 0 aromatic rings. The summed E-state index contributed by atoms with van der Waals surface area (Å²) in [5.74, 6) is -0.209. The van der Waals surface area contributed by atoms with Crippen molar-refractivity contribution in [1.29, 1.82) is 0 Å². The Morgan fingerprint density at radius 1 is 1.54 bits per heavy atom. The summed E-state index contributed by atoms with van der Waals surface area (Å²) in [6.07, 6.45) is 1.72. The van der Waals surface area contributed by atoms with E-state index in [4.69, 9.17) is 0 Å². The molecule has 1 aliphatic rings. The monoisotopic (exact) mass is 183 g/mol. The lowest BCUT2D eigenvalue weighted by Crippen LogP contribution is -2.19. The number of aliphatic imine (C=N–C) groups is 1. The zero-order chi connectivity index (χ0) is 10.1. The summed E-state index contributed by atoms with van der Waals surface area (Å²) in [5, 5.41) is 0. The molecule has 1 heterocycles. The van der Waals surface area contributed by atoms with Gasteiger partial charge in [0.25, 0.3) is 0 Å². The quantitative estimate of drug-likeness (QED) is 0.581. The lowest BCUT2D eigenvalue weighted by Gasteiger charge is -2.17. The molecule has 0 radical (unpaired) electrons. The molecule has 0 saturated heterocycles. The van der Waals surface area contributed by atoms with E-state index in [9.17, 15) is 4.79 Å². The van der Waals surface area contributed by atoms with Crippen molar-refractivity contribution in [3.8, 4) is 0 Å². The normalized spacial score (nSPS) is 22.8. The molecule has 0 aromatic carbocycles. The Hall–Kier alpha value is -0.860. The van der Waals surface area contributed by atoms with Crippen molar-refractivity contribution in [2.45, 2.75) is 39.7 Å². The summed E-state index contributed by atoms with van der Waals surface area (Å²) in [7, 11) is 1.41. The molecule has 1 rings (SSSR count). The minimum atomic E-state index is -0.251. The van der Waals surface area contributed by atoms with Crippen LogP contribution in [0.2, 0.25) is 0 Å². The van der Waals surface area contributed by atoms with Gasteiger partial charge in [0.1, 0.15) is 6.04 Å². The predicted molar refractivity (Wildman–Crippen MR) is 51.9 cm³/mol. The van der Waals surface area contributed by atoms with E-state index in [0.29, 0.717) is 0 Å². The van der Waals surface area contributed by atoms with Gasteiger partial charge in [-0.1, -0.05) is 20.8 Å². The number of nitrogens with zero attached hydrogens (tertiary/aromatic N) is 1. The molecule has 0 spiro atoms. The first-order chi connectivity index (χ1) is 5.95. The van der Waals surface area contributed by atoms with Crippen LogP contribution in [0.3, 0.4) is 0 Å². The van der Waals surface area contributed by atoms with Gasteiger partial charge in [0.05, 0.1) is 7.11 Å². The fourth-order valence-corrected chi connectivity index (χ4v) is 1.47. The molecule has 3 nitrogen and oxygen atoms in total. The van der Waals surface area contributed by atoms with Gasteiger partial charge in [-0.05, 0) is 18.3 Å². The van der Waals surface area contributed by atoms with Crippen LogP contribution in [0.15, 0.2) is 4.99 Å². The van der Waals surface area contributed by atoms with E-state index in [1.165, 1.54) is 7.11 Å². The van der Waals surface area contributed by atoms with Gasteiger partial charge < -0.3 is 4.74 Å². The molecular formula is C10H17NO2. The maximum atomic E-state index is 11.2. The predicted octanol–water partition coefficient (Wildman–Crippen LogP) is 1.81. The van der Waals surface area contributed by atoms with Gasteiger partial charge in [-0.25, -0.2) is 4.79 Å². The summed E-state index contributed by atoms with van der Waals surface area (Å²) < 4.78 is 4.65. The zero-order valence-corrected chi connectivity index (χ0v) is 8.76. The van der Waals surface area contributed by atoms with E-state index in [1.54, 1.807) is 0 Å². The maximum Gasteiger partial charge on any atom is 0.330 e.